The van der Waals surface area contributed by atoms with Gasteiger partial charge in [-0.25, -0.2) is 12.8 Å². The minimum absolute atomic E-state index is 0.0189. The molecule has 0 radical (unpaired) electrons. The van der Waals surface area contributed by atoms with Gasteiger partial charge in [-0.05, 0) is 24.6 Å². The van der Waals surface area contributed by atoms with Crippen LogP contribution in [0.2, 0.25) is 10.0 Å². The highest BCUT2D eigenvalue weighted by atomic mass is 35.5. The van der Waals surface area contributed by atoms with Crippen LogP contribution in [0.3, 0.4) is 0 Å². The molecule has 0 spiro atoms. The normalized spacial score (nSPS) is 13.6. The van der Waals surface area contributed by atoms with Crippen molar-refractivity contribution in [2.75, 3.05) is 18.6 Å². The average molecular weight is 314 g/mol. The molecule has 0 aliphatic carbocycles. The highest BCUT2D eigenvalue weighted by Crippen LogP contribution is 2.28. The van der Waals surface area contributed by atoms with Gasteiger partial charge in [-0.1, -0.05) is 23.2 Å². The Labute approximate surface area is 116 Å². The first-order chi connectivity index (χ1) is 8.20. The summed E-state index contributed by atoms with van der Waals surface area (Å²) in [6, 6.07) is 2.33. The Kier molecular flexibility index (Phi) is 5.40. The Hall–Kier alpha value is -0.360. The molecule has 0 bridgehead atoms. The van der Waals surface area contributed by atoms with Crippen molar-refractivity contribution in [1.29, 1.82) is 0 Å². The van der Waals surface area contributed by atoms with Gasteiger partial charge in [-0.15, -0.1) is 0 Å². The Balaban J connectivity index is 2.73. The molecule has 0 aliphatic heterocycles. The van der Waals surface area contributed by atoms with Crippen molar-refractivity contribution in [3.05, 3.63) is 33.6 Å². The maximum absolute atomic E-state index is 13.3. The van der Waals surface area contributed by atoms with Crippen LogP contribution in [-0.4, -0.2) is 27.0 Å². The van der Waals surface area contributed by atoms with Gasteiger partial charge in [0, 0.05) is 23.9 Å². The van der Waals surface area contributed by atoms with Gasteiger partial charge in [0.1, 0.15) is 15.7 Å². The van der Waals surface area contributed by atoms with Gasteiger partial charge in [0.2, 0.25) is 0 Å². The molecule has 0 aromatic heterocycles. The molecule has 1 atom stereocenters. The summed E-state index contributed by atoms with van der Waals surface area (Å²) in [4.78, 5) is 0. The summed E-state index contributed by atoms with van der Waals surface area (Å²) < 4.78 is 35.3. The van der Waals surface area contributed by atoms with Crippen molar-refractivity contribution in [3.63, 3.8) is 0 Å². The minimum Gasteiger partial charge on any atom is -0.309 e. The Morgan fingerprint density at radius 1 is 1.33 bits per heavy atom. The molecular weight excluding hydrogens is 300 g/mol. The molecule has 0 fully saturated rings. The zero-order valence-electron chi connectivity index (χ0n) is 10.0. The predicted molar refractivity (Wildman–Crippen MR) is 72.5 cm³/mol. The summed E-state index contributed by atoms with van der Waals surface area (Å²) in [6.07, 6.45) is 1.16. The summed E-state index contributed by atoms with van der Waals surface area (Å²) in [5, 5.41) is 3.28. The third kappa shape index (κ3) is 4.72. The Bertz CT molecular complexity index is 534. The van der Waals surface area contributed by atoms with Crippen molar-refractivity contribution in [2.24, 2.45) is 0 Å². The molecule has 1 aromatic rings. The second-order valence-electron chi connectivity index (χ2n) is 4.09. The number of sulfone groups is 1. The van der Waals surface area contributed by atoms with Crippen LogP contribution in [-0.2, 0) is 9.84 Å². The molecule has 0 saturated heterocycles. The van der Waals surface area contributed by atoms with Crippen molar-refractivity contribution < 1.29 is 12.8 Å². The maximum Gasteiger partial charge on any atom is 0.148 e. The van der Waals surface area contributed by atoms with Crippen LogP contribution in [0, 0.1) is 5.82 Å². The fourth-order valence-electron chi connectivity index (χ4n) is 1.44. The first-order valence-electron chi connectivity index (χ1n) is 5.26. The molecule has 1 N–H and O–H groups in total. The van der Waals surface area contributed by atoms with Gasteiger partial charge in [-0.3, -0.25) is 0 Å². The number of hydrogen-bond acceptors (Lipinski definition) is 3. The number of benzene rings is 1. The molecule has 102 valence electrons. The smallest absolute Gasteiger partial charge is 0.148 e. The fourth-order valence-corrected chi connectivity index (χ4v) is 2.48. The summed E-state index contributed by atoms with van der Waals surface area (Å²) in [7, 11) is -3.02. The lowest BCUT2D eigenvalue weighted by molar-refractivity contribution is 0.569. The van der Waals surface area contributed by atoms with Crippen LogP contribution in [0.15, 0.2) is 12.1 Å². The summed E-state index contributed by atoms with van der Waals surface area (Å²) in [6.45, 7) is 2.05. The van der Waals surface area contributed by atoms with Crippen molar-refractivity contribution in [3.8, 4) is 0 Å². The molecule has 0 saturated carbocycles. The van der Waals surface area contributed by atoms with E-state index in [1.54, 1.807) is 6.92 Å². The van der Waals surface area contributed by atoms with Crippen LogP contribution in [0.5, 0.6) is 0 Å². The fraction of sp³-hybridized carbons (Fsp3) is 0.455. The molecule has 0 aliphatic rings. The van der Waals surface area contributed by atoms with Crippen molar-refractivity contribution >= 4 is 33.0 Å². The molecular formula is C11H14Cl2FNO2S. The van der Waals surface area contributed by atoms with E-state index >= 15 is 0 Å². The van der Waals surface area contributed by atoms with E-state index in [9.17, 15) is 12.8 Å². The molecule has 1 aromatic carbocycles. The van der Waals surface area contributed by atoms with E-state index in [4.69, 9.17) is 23.2 Å². The van der Waals surface area contributed by atoms with Crippen molar-refractivity contribution in [2.45, 2.75) is 13.0 Å². The first-order valence-corrected chi connectivity index (χ1v) is 8.08. The molecule has 1 unspecified atom stereocenters. The van der Waals surface area contributed by atoms with Gasteiger partial charge < -0.3 is 5.32 Å². The van der Waals surface area contributed by atoms with Gasteiger partial charge in [0.15, 0.2) is 0 Å². The van der Waals surface area contributed by atoms with E-state index in [0.717, 1.165) is 6.26 Å². The van der Waals surface area contributed by atoms with Crippen molar-refractivity contribution in [1.82, 2.24) is 5.32 Å². The predicted octanol–water partition coefficient (Wildman–Crippen LogP) is 2.83. The average Bonchev–Trinajstić information content (AvgIpc) is 2.21. The summed E-state index contributed by atoms with van der Waals surface area (Å²) >= 11 is 11.6. The molecule has 7 heteroatoms. The number of rotatable bonds is 5. The topological polar surface area (TPSA) is 46.2 Å². The van der Waals surface area contributed by atoms with Crippen LogP contribution in [0.25, 0.3) is 0 Å². The first kappa shape index (κ1) is 15.7. The lowest BCUT2D eigenvalue weighted by Crippen LogP contribution is -2.25. The van der Waals surface area contributed by atoms with Crippen LogP contribution in [0.4, 0.5) is 4.39 Å². The second kappa shape index (κ2) is 6.19. The van der Waals surface area contributed by atoms with E-state index < -0.39 is 15.7 Å². The monoisotopic (exact) mass is 313 g/mol. The third-order valence-corrected chi connectivity index (χ3v) is 3.99. The minimum atomic E-state index is -3.02. The van der Waals surface area contributed by atoms with E-state index in [1.807, 2.05) is 0 Å². The maximum atomic E-state index is 13.3. The van der Waals surface area contributed by atoms with Gasteiger partial charge >= 0.3 is 0 Å². The van der Waals surface area contributed by atoms with Gasteiger partial charge in [0.05, 0.1) is 10.8 Å². The van der Waals surface area contributed by atoms with Crippen LogP contribution >= 0.6 is 23.2 Å². The largest absolute Gasteiger partial charge is 0.309 e. The zero-order valence-corrected chi connectivity index (χ0v) is 12.3. The van der Waals surface area contributed by atoms with Crippen LogP contribution in [0.1, 0.15) is 18.5 Å². The second-order valence-corrected chi connectivity index (χ2v) is 7.17. The van der Waals surface area contributed by atoms with Crippen LogP contribution < -0.4 is 5.32 Å². The quantitative estimate of drug-likeness (QED) is 0.850. The lowest BCUT2D eigenvalue weighted by atomic mass is 10.1. The molecule has 3 nitrogen and oxygen atoms in total. The molecule has 1 rings (SSSR count). The Morgan fingerprint density at radius 3 is 2.50 bits per heavy atom. The standard InChI is InChI=1S/C11H14Cl2FNO2S/c1-7(15-3-4-18(2,16)17)8-5-11(14)10(13)6-9(8)12/h5-7,15H,3-4H2,1-2H3. The zero-order chi connectivity index (χ0) is 13.9. The SMILES string of the molecule is CC(NCCS(C)(=O)=O)c1cc(F)c(Cl)cc1Cl. The number of nitrogens with one attached hydrogen (secondary N) is 1. The van der Waals surface area contributed by atoms with E-state index in [0.29, 0.717) is 10.6 Å². The molecule has 18 heavy (non-hydrogen) atoms. The Morgan fingerprint density at radius 2 is 1.94 bits per heavy atom. The van der Waals surface area contributed by atoms with Gasteiger partial charge in [-0.2, -0.15) is 0 Å². The lowest BCUT2D eigenvalue weighted by Gasteiger charge is -2.16. The van der Waals surface area contributed by atoms with Gasteiger partial charge in [0.25, 0.3) is 0 Å². The number of halogens is 3. The molecule has 0 heterocycles. The molecule has 0 amide bonds. The summed E-state index contributed by atoms with van der Waals surface area (Å²) in [5.41, 5.74) is 0.548. The van der Waals surface area contributed by atoms with E-state index in [-0.39, 0.29) is 23.4 Å². The highest BCUT2D eigenvalue weighted by molar-refractivity contribution is 7.90. The highest BCUT2D eigenvalue weighted by Gasteiger charge is 2.13. The van der Waals surface area contributed by atoms with E-state index in [2.05, 4.69) is 5.32 Å². The van der Waals surface area contributed by atoms with E-state index in [1.165, 1.54) is 12.1 Å². The summed E-state index contributed by atoms with van der Waals surface area (Å²) in [5.74, 6) is -0.529. The number of hydrogen-bond donors (Lipinski definition) is 1. The third-order valence-electron chi connectivity index (χ3n) is 2.43.